The van der Waals surface area contributed by atoms with Crippen LogP contribution in [-0.4, -0.2) is 25.7 Å². The van der Waals surface area contributed by atoms with Crippen LogP contribution in [0, 0.1) is 0 Å². The van der Waals surface area contributed by atoms with Crippen LogP contribution in [0.15, 0.2) is 45.4 Å². The highest BCUT2D eigenvalue weighted by atomic mass is 16.5. The Kier molecular flexibility index (Phi) is 4.70. The van der Waals surface area contributed by atoms with E-state index in [1.165, 1.54) is 13.4 Å². The van der Waals surface area contributed by atoms with Gasteiger partial charge in [0.15, 0.2) is 0 Å². The third-order valence-corrected chi connectivity index (χ3v) is 3.49. The zero-order valence-corrected chi connectivity index (χ0v) is 13.1. The molecule has 118 valence electrons. The number of hydrogen-bond acceptors (Lipinski definition) is 6. The number of carbonyl (C=O) groups excluding carboxylic acids is 2. The fourth-order valence-electron chi connectivity index (χ4n) is 2.59. The van der Waals surface area contributed by atoms with Crippen LogP contribution in [0.2, 0.25) is 0 Å². The molecule has 0 saturated carbocycles. The third-order valence-electron chi connectivity index (χ3n) is 3.49. The van der Waals surface area contributed by atoms with Gasteiger partial charge in [-0.2, -0.15) is 0 Å². The van der Waals surface area contributed by atoms with Crippen molar-refractivity contribution >= 4 is 11.9 Å². The molecular formula is C16H19NO5. The number of furan rings is 1. The topological polar surface area (TPSA) is 77.8 Å². The molecule has 0 aromatic carbocycles. The Balaban J connectivity index is 2.58. The summed E-state index contributed by atoms with van der Waals surface area (Å²) in [4.78, 5) is 24.5. The number of carbonyl (C=O) groups is 2. The largest absolute Gasteiger partial charge is 0.468 e. The minimum absolute atomic E-state index is 0.247. The monoisotopic (exact) mass is 305 g/mol. The molecule has 1 atom stereocenters. The Bertz CT molecular complexity index is 640. The number of methoxy groups -OCH3 is 1. The standard InChI is InChI=1S/C16H19NO5/c1-5-21-16(19)13-10(3)17-9(2)12(15(18)20-4)14(13)11-7-6-8-22-11/h6-8,14,17H,5H2,1-4H3/t14-/m1/s1. The van der Waals surface area contributed by atoms with E-state index in [2.05, 4.69) is 5.32 Å². The highest BCUT2D eigenvalue weighted by molar-refractivity contribution is 5.99. The van der Waals surface area contributed by atoms with Crippen molar-refractivity contribution in [3.8, 4) is 0 Å². The average Bonchev–Trinajstić information content (AvgIpc) is 2.99. The first kappa shape index (κ1) is 15.9. The molecule has 1 aromatic heterocycles. The number of esters is 2. The van der Waals surface area contributed by atoms with Crippen molar-refractivity contribution in [1.29, 1.82) is 0 Å². The van der Waals surface area contributed by atoms with Crippen molar-refractivity contribution in [2.24, 2.45) is 0 Å². The number of nitrogens with one attached hydrogen (secondary N) is 1. The zero-order valence-electron chi connectivity index (χ0n) is 13.1. The highest BCUT2D eigenvalue weighted by Crippen LogP contribution is 2.39. The van der Waals surface area contributed by atoms with E-state index in [0.717, 1.165) is 0 Å². The van der Waals surface area contributed by atoms with Crippen LogP contribution in [0.1, 0.15) is 32.4 Å². The van der Waals surface area contributed by atoms with Crippen LogP contribution < -0.4 is 5.32 Å². The predicted molar refractivity (Wildman–Crippen MR) is 78.6 cm³/mol. The molecule has 6 heteroatoms. The second-order valence-electron chi connectivity index (χ2n) is 4.86. The lowest BCUT2D eigenvalue weighted by atomic mass is 9.83. The van der Waals surface area contributed by atoms with Crippen LogP contribution in [-0.2, 0) is 19.1 Å². The van der Waals surface area contributed by atoms with E-state index in [-0.39, 0.29) is 6.61 Å². The summed E-state index contributed by atoms with van der Waals surface area (Å²) < 4.78 is 15.4. The van der Waals surface area contributed by atoms with Gasteiger partial charge in [0.2, 0.25) is 0 Å². The van der Waals surface area contributed by atoms with Crippen molar-refractivity contribution < 1.29 is 23.5 Å². The van der Waals surface area contributed by atoms with Crippen LogP contribution in [0.5, 0.6) is 0 Å². The fourth-order valence-corrected chi connectivity index (χ4v) is 2.59. The molecule has 2 rings (SSSR count). The first-order valence-corrected chi connectivity index (χ1v) is 6.98. The summed E-state index contributed by atoms with van der Waals surface area (Å²) in [7, 11) is 1.30. The second-order valence-corrected chi connectivity index (χ2v) is 4.86. The summed E-state index contributed by atoms with van der Waals surface area (Å²) in [5.41, 5.74) is 1.94. The zero-order chi connectivity index (χ0) is 16.3. The number of dihydropyridines is 1. The summed E-state index contributed by atoms with van der Waals surface area (Å²) in [5, 5.41) is 3.04. The number of rotatable bonds is 4. The number of allylic oxidation sites excluding steroid dienone is 2. The number of ether oxygens (including phenoxy) is 2. The third kappa shape index (κ3) is 2.77. The molecule has 6 nitrogen and oxygen atoms in total. The van der Waals surface area contributed by atoms with E-state index in [9.17, 15) is 9.59 Å². The molecule has 0 unspecified atom stereocenters. The predicted octanol–water partition coefficient (Wildman–Crippen LogP) is 2.25. The van der Waals surface area contributed by atoms with Gasteiger partial charge >= 0.3 is 11.9 Å². The van der Waals surface area contributed by atoms with Gasteiger partial charge < -0.3 is 19.2 Å². The van der Waals surface area contributed by atoms with E-state index < -0.39 is 17.9 Å². The lowest BCUT2D eigenvalue weighted by Crippen LogP contribution is -2.32. The highest BCUT2D eigenvalue weighted by Gasteiger charge is 2.39. The summed E-state index contributed by atoms with van der Waals surface area (Å²) in [5.74, 6) is -1.16. The molecule has 1 N–H and O–H groups in total. The Morgan fingerprint density at radius 2 is 1.86 bits per heavy atom. The van der Waals surface area contributed by atoms with E-state index in [4.69, 9.17) is 13.9 Å². The molecule has 0 saturated heterocycles. The van der Waals surface area contributed by atoms with Gasteiger partial charge in [-0.3, -0.25) is 0 Å². The van der Waals surface area contributed by atoms with E-state index in [1.807, 2.05) is 0 Å². The molecule has 22 heavy (non-hydrogen) atoms. The SMILES string of the molecule is CCOC(=O)C1=C(C)NC(C)=C(C(=O)OC)[C@H]1c1ccco1. The quantitative estimate of drug-likeness (QED) is 0.860. The smallest absolute Gasteiger partial charge is 0.336 e. The first-order valence-electron chi connectivity index (χ1n) is 6.98. The Hall–Kier alpha value is -2.50. The van der Waals surface area contributed by atoms with Gasteiger partial charge in [-0.1, -0.05) is 0 Å². The summed E-state index contributed by atoms with van der Waals surface area (Å²) in [6.45, 7) is 5.50. The Morgan fingerprint density at radius 1 is 1.23 bits per heavy atom. The van der Waals surface area contributed by atoms with Gasteiger partial charge in [0.1, 0.15) is 5.76 Å². The molecular weight excluding hydrogens is 286 g/mol. The van der Waals surface area contributed by atoms with Gasteiger partial charge in [-0.15, -0.1) is 0 Å². The van der Waals surface area contributed by atoms with Crippen LogP contribution in [0.3, 0.4) is 0 Å². The minimum Gasteiger partial charge on any atom is -0.468 e. The molecule has 0 fully saturated rings. The Labute approximate surface area is 128 Å². The van der Waals surface area contributed by atoms with Crippen molar-refractivity contribution in [2.75, 3.05) is 13.7 Å². The van der Waals surface area contributed by atoms with Crippen molar-refractivity contribution in [2.45, 2.75) is 26.7 Å². The molecule has 1 aliphatic rings. The lowest BCUT2D eigenvalue weighted by molar-refractivity contribution is -0.139. The summed E-state index contributed by atoms with van der Waals surface area (Å²) in [6, 6.07) is 3.43. The van der Waals surface area contributed by atoms with Crippen LogP contribution in [0.4, 0.5) is 0 Å². The van der Waals surface area contributed by atoms with Gasteiger partial charge in [0.05, 0.1) is 37.0 Å². The van der Waals surface area contributed by atoms with Crippen molar-refractivity contribution in [3.63, 3.8) is 0 Å². The average molecular weight is 305 g/mol. The first-order chi connectivity index (χ1) is 10.5. The van der Waals surface area contributed by atoms with E-state index in [0.29, 0.717) is 28.3 Å². The molecule has 0 radical (unpaired) electrons. The molecule has 0 bridgehead atoms. The van der Waals surface area contributed by atoms with Gasteiger partial charge in [0, 0.05) is 11.4 Å². The van der Waals surface area contributed by atoms with Gasteiger partial charge in [-0.05, 0) is 32.9 Å². The normalized spacial score (nSPS) is 18.1. The molecule has 2 heterocycles. The number of hydrogen-bond donors (Lipinski definition) is 1. The maximum absolute atomic E-state index is 12.3. The van der Waals surface area contributed by atoms with Crippen LogP contribution in [0.25, 0.3) is 0 Å². The maximum atomic E-state index is 12.3. The molecule has 0 aliphatic carbocycles. The van der Waals surface area contributed by atoms with E-state index >= 15 is 0 Å². The van der Waals surface area contributed by atoms with Crippen LogP contribution >= 0.6 is 0 Å². The summed E-state index contributed by atoms with van der Waals surface area (Å²) >= 11 is 0. The maximum Gasteiger partial charge on any atom is 0.336 e. The lowest BCUT2D eigenvalue weighted by Gasteiger charge is -2.28. The van der Waals surface area contributed by atoms with Gasteiger partial charge in [0.25, 0.3) is 0 Å². The van der Waals surface area contributed by atoms with Crippen molar-refractivity contribution in [1.82, 2.24) is 5.32 Å². The minimum atomic E-state index is -0.650. The van der Waals surface area contributed by atoms with E-state index in [1.54, 1.807) is 32.9 Å². The molecule has 0 spiro atoms. The second kappa shape index (κ2) is 6.51. The fraction of sp³-hybridized carbons (Fsp3) is 0.375. The van der Waals surface area contributed by atoms with Gasteiger partial charge in [-0.25, -0.2) is 9.59 Å². The molecule has 1 aromatic rings. The molecule has 0 amide bonds. The Morgan fingerprint density at radius 3 is 2.36 bits per heavy atom. The van der Waals surface area contributed by atoms with Crippen molar-refractivity contribution in [3.05, 3.63) is 46.7 Å². The molecule has 1 aliphatic heterocycles. The summed E-state index contributed by atoms with van der Waals surface area (Å²) in [6.07, 6.45) is 1.50.